The Balaban J connectivity index is 1.65. The van der Waals surface area contributed by atoms with E-state index in [1.807, 2.05) is 0 Å². The normalized spacial score (nSPS) is 38.0. The summed E-state index contributed by atoms with van der Waals surface area (Å²) in [5.41, 5.74) is 3.46. The van der Waals surface area contributed by atoms with Gasteiger partial charge in [-0.1, -0.05) is 12.8 Å². The second-order valence-corrected chi connectivity index (χ2v) is 7.68. The predicted octanol–water partition coefficient (Wildman–Crippen LogP) is 3.65. The monoisotopic (exact) mass is 279 g/mol. The summed E-state index contributed by atoms with van der Waals surface area (Å²) in [6.07, 6.45) is 14.0. The quantitative estimate of drug-likeness (QED) is 0.797. The third kappa shape index (κ3) is 1.66. The van der Waals surface area contributed by atoms with Crippen LogP contribution < -0.4 is 0 Å². The summed E-state index contributed by atoms with van der Waals surface area (Å²) in [6, 6.07) is 2.29. The third-order valence-corrected chi connectivity index (χ3v) is 6.57. The number of hydrogen-bond donors (Lipinski definition) is 0. The molecule has 0 spiro atoms. The van der Waals surface area contributed by atoms with E-state index in [1.165, 1.54) is 50.5 Å². The molecule has 0 aliphatic heterocycles. The van der Waals surface area contributed by atoms with Crippen LogP contribution in [0.3, 0.4) is 0 Å². The summed E-state index contributed by atoms with van der Waals surface area (Å²) >= 11 is 0. The Kier molecular flexibility index (Phi) is 2.37. The van der Waals surface area contributed by atoms with Crippen molar-refractivity contribution in [2.75, 3.05) is 0 Å². The maximum absolute atomic E-state index is 6.00. The molecule has 0 aromatic carbocycles. The highest BCUT2D eigenvalue weighted by Gasteiger charge is 2.50. The highest BCUT2D eigenvalue weighted by Crippen LogP contribution is 2.59. The van der Waals surface area contributed by atoms with Gasteiger partial charge in [0, 0.05) is 13.1 Å². The third-order valence-electron chi connectivity index (χ3n) is 6.57. The molecule has 2 heterocycles. The maximum Gasteiger partial charge on any atom is 0.122 e. The zero-order valence-corrected chi connectivity index (χ0v) is 12.3. The van der Waals surface area contributed by atoms with Gasteiger partial charge in [0.2, 0.25) is 0 Å². The number of aromatic nitrogens is 3. The average molecular weight is 279 g/mol. The van der Waals surface area contributed by atoms with Gasteiger partial charge in [0.15, 0.2) is 0 Å². The van der Waals surface area contributed by atoms with Crippen LogP contribution in [0.2, 0.25) is 0 Å². The van der Waals surface area contributed by atoms with Crippen LogP contribution in [0.25, 0.3) is 5.52 Å². The molecule has 4 atom stereocenters. The Bertz CT molecular complexity index is 704. The van der Waals surface area contributed by atoms with Gasteiger partial charge in [-0.3, -0.25) is 0 Å². The molecule has 2 aromatic heterocycles. The van der Waals surface area contributed by atoms with Crippen molar-refractivity contribution in [3.63, 3.8) is 0 Å². The maximum atomic E-state index is 6.00. The molecule has 0 saturated heterocycles. The molecule has 3 nitrogen and oxygen atoms in total. The highest BCUT2D eigenvalue weighted by atomic mass is 15.2. The van der Waals surface area contributed by atoms with E-state index in [9.17, 15) is 0 Å². The standard InChI is InChI=1S/C18H21N3/c1-12-17-7-16(10-21(17)11-19-20-12)18-4-2-3-14-5-13(8-18)6-15(14)9-18/h1,7,10-11,13-15H,2-6,8-9H2. The van der Waals surface area contributed by atoms with E-state index in [-0.39, 0.29) is 0 Å². The molecule has 3 saturated carbocycles. The molecular weight excluding hydrogens is 258 g/mol. The van der Waals surface area contributed by atoms with Crippen LogP contribution in [-0.2, 0) is 5.41 Å². The fraction of sp³-hybridized carbons (Fsp3) is 0.611. The minimum atomic E-state index is 0.400. The van der Waals surface area contributed by atoms with Gasteiger partial charge in [-0.2, -0.15) is 5.10 Å². The van der Waals surface area contributed by atoms with E-state index in [0.29, 0.717) is 11.1 Å². The van der Waals surface area contributed by atoms with Crippen molar-refractivity contribution in [1.29, 1.82) is 0 Å². The molecule has 108 valence electrons. The Morgan fingerprint density at radius 3 is 3.05 bits per heavy atom. The lowest BCUT2D eigenvalue weighted by Gasteiger charge is -2.40. The summed E-state index contributed by atoms with van der Waals surface area (Å²) in [5, 5.41) is 7.97. The topological polar surface area (TPSA) is 30.2 Å². The van der Waals surface area contributed by atoms with E-state index in [2.05, 4.69) is 26.9 Å². The number of nitrogens with zero attached hydrogens (tertiary/aromatic N) is 3. The number of hydrogen-bond acceptors (Lipinski definition) is 2. The molecule has 3 aliphatic carbocycles. The van der Waals surface area contributed by atoms with Crippen LogP contribution in [0.15, 0.2) is 18.6 Å². The fourth-order valence-electron chi connectivity index (χ4n) is 5.80. The average Bonchev–Trinajstić information content (AvgIpc) is 2.98. The minimum absolute atomic E-state index is 0.400. The van der Waals surface area contributed by atoms with Crippen LogP contribution >= 0.6 is 0 Å². The molecule has 3 heteroatoms. The summed E-state index contributed by atoms with van der Waals surface area (Å²) in [7, 11) is 0. The van der Waals surface area contributed by atoms with Gasteiger partial charge >= 0.3 is 0 Å². The lowest BCUT2D eigenvalue weighted by Crippen LogP contribution is -2.33. The number of fused-ring (bicyclic) bond motifs is 3. The van der Waals surface area contributed by atoms with Gasteiger partial charge in [-0.25, -0.2) is 0 Å². The van der Waals surface area contributed by atoms with Crippen LogP contribution in [0.5, 0.6) is 0 Å². The summed E-state index contributed by atoms with van der Waals surface area (Å²) < 4.78 is 2.06. The minimum Gasteiger partial charge on any atom is -0.304 e. The molecule has 21 heavy (non-hydrogen) atoms. The Hall–Kier alpha value is -1.38. The van der Waals surface area contributed by atoms with Crippen molar-refractivity contribution in [2.24, 2.45) is 17.8 Å². The highest BCUT2D eigenvalue weighted by molar-refractivity contribution is 5.56. The van der Waals surface area contributed by atoms with E-state index in [1.54, 1.807) is 6.33 Å². The van der Waals surface area contributed by atoms with E-state index < -0.39 is 0 Å². The van der Waals surface area contributed by atoms with Crippen molar-refractivity contribution >= 4 is 5.52 Å². The summed E-state index contributed by atoms with van der Waals surface area (Å²) in [4.78, 5) is 0. The summed E-state index contributed by atoms with van der Waals surface area (Å²) in [6.45, 7) is 6.00. The molecule has 5 rings (SSSR count). The van der Waals surface area contributed by atoms with Gasteiger partial charge in [0.05, 0.1) is 11.2 Å². The Labute approximate surface area is 125 Å². The van der Waals surface area contributed by atoms with Crippen molar-refractivity contribution < 1.29 is 0 Å². The smallest absolute Gasteiger partial charge is 0.122 e. The van der Waals surface area contributed by atoms with Crippen LogP contribution in [-0.4, -0.2) is 14.6 Å². The van der Waals surface area contributed by atoms with E-state index >= 15 is 0 Å². The van der Waals surface area contributed by atoms with Gasteiger partial charge in [-0.15, -0.1) is 5.10 Å². The number of rotatable bonds is 1. The molecule has 2 aromatic rings. The molecular formula is C18H21N3. The zero-order valence-electron chi connectivity index (χ0n) is 12.3. The van der Waals surface area contributed by atoms with Crippen molar-refractivity contribution in [3.05, 3.63) is 36.8 Å². The summed E-state index contributed by atoms with van der Waals surface area (Å²) in [5.74, 6) is 2.96. The fourth-order valence-corrected chi connectivity index (χ4v) is 5.80. The lowest BCUT2D eigenvalue weighted by molar-refractivity contribution is 0.206. The zero-order chi connectivity index (χ0) is 14.0. The van der Waals surface area contributed by atoms with Crippen molar-refractivity contribution in [1.82, 2.24) is 14.6 Å². The van der Waals surface area contributed by atoms with Crippen molar-refractivity contribution in [3.8, 4) is 0 Å². The first-order valence-electron chi connectivity index (χ1n) is 8.33. The van der Waals surface area contributed by atoms with Crippen LogP contribution in [0.4, 0.5) is 0 Å². The predicted molar refractivity (Wildman–Crippen MR) is 80.9 cm³/mol. The van der Waals surface area contributed by atoms with Crippen LogP contribution in [0.1, 0.15) is 56.2 Å². The second kappa shape index (κ2) is 4.08. The van der Waals surface area contributed by atoms with Gasteiger partial charge < -0.3 is 4.40 Å². The largest absolute Gasteiger partial charge is 0.304 e. The van der Waals surface area contributed by atoms with Crippen LogP contribution in [0, 0.1) is 24.7 Å². The van der Waals surface area contributed by atoms with E-state index in [4.69, 9.17) is 6.92 Å². The molecule has 3 aliphatic rings. The molecule has 3 bridgehead atoms. The Morgan fingerprint density at radius 1 is 1.24 bits per heavy atom. The first-order valence-corrected chi connectivity index (χ1v) is 8.33. The molecule has 0 N–H and O–H groups in total. The molecule has 2 radical (unpaired) electrons. The van der Waals surface area contributed by atoms with Crippen molar-refractivity contribution in [2.45, 2.75) is 50.4 Å². The van der Waals surface area contributed by atoms with Gasteiger partial charge in [0.1, 0.15) is 6.33 Å². The molecule has 3 fully saturated rings. The first kappa shape index (κ1) is 12.2. The van der Waals surface area contributed by atoms with E-state index in [0.717, 1.165) is 23.3 Å². The molecule has 0 amide bonds. The Morgan fingerprint density at radius 2 is 2.14 bits per heavy atom. The lowest BCUT2D eigenvalue weighted by atomic mass is 9.64. The first-order chi connectivity index (χ1) is 10.2. The SMILES string of the molecule is [CH]c1nncn2cc(C34CCCC5CC(CC5C3)C4)cc12. The molecule has 4 unspecified atom stereocenters. The van der Waals surface area contributed by atoms with Gasteiger partial charge in [-0.05, 0) is 66.9 Å². The van der Waals surface area contributed by atoms with Gasteiger partial charge in [0.25, 0.3) is 0 Å². The second-order valence-electron chi connectivity index (χ2n) is 7.68.